The van der Waals surface area contributed by atoms with Gasteiger partial charge in [-0.2, -0.15) is 13.2 Å². The standard InChI is InChI=1S/C9H11F3N2OS/c10-9(11,12)5-15-4-8-14-6-1-2-13-3-7(6)16-8/h13H,1-5H2. The Morgan fingerprint density at radius 1 is 1.44 bits per heavy atom. The summed E-state index contributed by atoms with van der Waals surface area (Å²) in [4.78, 5) is 5.36. The number of halogens is 3. The van der Waals surface area contributed by atoms with Crippen LogP contribution in [0.5, 0.6) is 0 Å². The number of nitrogens with zero attached hydrogens (tertiary/aromatic N) is 1. The predicted octanol–water partition coefficient (Wildman–Crippen LogP) is 1.87. The van der Waals surface area contributed by atoms with Gasteiger partial charge in [-0.3, -0.25) is 0 Å². The summed E-state index contributed by atoms with van der Waals surface area (Å²) < 4.78 is 40.1. The van der Waals surface area contributed by atoms with Crippen molar-refractivity contribution < 1.29 is 17.9 Å². The number of ether oxygens (including phenoxy) is 1. The average Bonchev–Trinajstić information content (AvgIpc) is 2.57. The van der Waals surface area contributed by atoms with E-state index in [1.54, 1.807) is 0 Å². The van der Waals surface area contributed by atoms with Crippen LogP contribution in [0, 0.1) is 0 Å². The van der Waals surface area contributed by atoms with Crippen LogP contribution < -0.4 is 5.32 Å². The maximum absolute atomic E-state index is 11.8. The van der Waals surface area contributed by atoms with Crippen molar-refractivity contribution in [3.05, 3.63) is 15.6 Å². The van der Waals surface area contributed by atoms with Gasteiger partial charge in [-0.15, -0.1) is 11.3 Å². The third-order valence-electron chi connectivity index (χ3n) is 2.14. The average molecular weight is 252 g/mol. The van der Waals surface area contributed by atoms with E-state index in [1.165, 1.54) is 11.3 Å². The number of thiazole rings is 1. The molecule has 0 amide bonds. The summed E-state index contributed by atoms with van der Waals surface area (Å²) in [6, 6.07) is 0. The van der Waals surface area contributed by atoms with E-state index in [-0.39, 0.29) is 6.61 Å². The fourth-order valence-corrected chi connectivity index (χ4v) is 2.52. The quantitative estimate of drug-likeness (QED) is 0.891. The van der Waals surface area contributed by atoms with Crippen LogP contribution in [-0.2, 0) is 24.3 Å². The smallest absolute Gasteiger partial charge is 0.365 e. The van der Waals surface area contributed by atoms with Crippen molar-refractivity contribution in [2.45, 2.75) is 25.7 Å². The van der Waals surface area contributed by atoms with Gasteiger partial charge in [0.05, 0.1) is 12.3 Å². The highest BCUT2D eigenvalue weighted by Crippen LogP contribution is 2.23. The number of alkyl halides is 3. The molecular weight excluding hydrogens is 241 g/mol. The molecule has 0 saturated carbocycles. The minimum absolute atomic E-state index is 0.0584. The minimum Gasteiger partial charge on any atom is -0.365 e. The van der Waals surface area contributed by atoms with Gasteiger partial charge < -0.3 is 10.1 Å². The van der Waals surface area contributed by atoms with Gasteiger partial charge in [-0.25, -0.2) is 4.98 Å². The molecule has 1 aliphatic rings. The molecule has 2 heterocycles. The van der Waals surface area contributed by atoms with Gasteiger partial charge in [-0.1, -0.05) is 0 Å². The van der Waals surface area contributed by atoms with Gasteiger partial charge in [0.2, 0.25) is 0 Å². The molecule has 7 heteroatoms. The molecule has 0 aliphatic carbocycles. The van der Waals surface area contributed by atoms with Crippen molar-refractivity contribution in [3.8, 4) is 0 Å². The third-order valence-corrected chi connectivity index (χ3v) is 3.21. The van der Waals surface area contributed by atoms with E-state index in [9.17, 15) is 13.2 Å². The second-order valence-corrected chi connectivity index (χ2v) is 4.68. The predicted molar refractivity (Wildman–Crippen MR) is 53.2 cm³/mol. The molecule has 0 unspecified atom stereocenters. The van der Waals surface area contributed by atoms with Gasteiger partial charge in [0.1, 0.15) is 11.6 Å². The van der Waals surface area contributed by atoms with E-state index in [2.05, 4.69) is 15.0 Å². The molecule has 1 aromatic heterocycles. The van der Waals surface area contributed by atoms with Crippen LogP contribution >= 0.6 is 11.3 Å². The molecular formula is C9H11F3N2OS. The van der Waals surface area contributed by atoms with Gasteiger partial charge in [0.25, 0.3) is 0 Å². The summed E-state index contributed by atoms with van der Waals surface area (Å²) in [6.45, 7) is 0.360. The maximum Gasteiger partial charge on any atom is 0.411 e. The summed E-state index contributed by atoms with van der Waals surface area (Å²) >= 11 is 1.42. The monoisotopic (exact) mass is 252 g/mol. The molecule has 0 atom stereocenters. The summed E-state index contributed by atoms with van der Waals surface area (Å²) in [5, 5.41) is 3.81. The van der Waals surface area contributed by atoms with Crippen molar-refractivity contribution in [2.24, 2.45) is 0 Å². The lowest BCUT2D eigenvalue weighted by Gasteiger charge is -2.09. The van der Waals surface area contributed by atoms with Crippen molar-refractivity contribution in [3.63, 3.8) is 0 Å². The molecule has 0 aromatic carbocycles. The fourth-order valence-electron chi connectivity index (χ4n) is 1.49. The van der Waals surface area contributed by atoms with Gasteiger partial charge >= 0.3 is 6.18 Å². The second-order valence-electron chi connectivity index (χ2n) is 3.51. The molecule has 1 aliphatic heterocycles. The summed E-state index contributed by atoms with van der Waals surface area (Å²) in [5.41, 5.74) is 0.995. The van der Waals surface area contributed by atoms with E-state index in [4.69, 9.17) is 0 Å². The van der Waals surface area contributed by atoms with Crippen LogP contribution in [0.4, 0.5) is 13.2 Å². The number of fused-ring (bicyclic) bond motifs is 1. The lowest BCUT2D eigenvalue weighted by atomic mass is 10.2. The van der Waals surface area contributed by atoms with E-state index in [1.807, 2.05) is 0 Å². The number of aromatic nitrogens is 1. The van der Waals surface area contributed by atoms with Crippen molar-refractivity contribution >= 4 is 11.3 Å². The molecule has 16 heavy (non-hydrogen) atoms. The Labute approximate surface area is 94.6 Å². The number of hydrogen-bond acceptors (Lipinski definition) is 4. The summed E-state index contributed by atoms with van der Waals surface area (Å²) in [6.07, 6.45) is -3.43. The highest BCUT2D eigenvalue weighted by atomic mass is 32.1. The van der Waals surface area contributed by atoms with Crippen LogP contribution in [0.2, 0.25) is 0 Å². The first-order chi connectivity index (χ1) is 7.54. The Morgan fingerprint density at radius 3 is 2.94 bits per heavy atom. The Balaban J connectivity index is 1.88. The molecule has 0 spiro atoms. The SMILES string of the molecule is FC(F)(F)COCc1nc2c(s1)CNCC2. The Hall–Kier alpha value is -0.660. The zero-order chi connectivity index (χ0) is 11.6. The summed E-state index contributed by atoms with van der Waals surface area (Å²) in [7, 11) is 0. The number of nitrogens with one attached hydrogen (secondary N) is 1. The first-order valence-corrected chi connectivity index (χ1v) is 5.69. The zero-order valence-corrected chi connectivity index (χ0v) is 9.25. The van der Waals surface area contributed by atoms with Crippen LogP contribution in [0.25, 0.3) is 0 Å². The third kappa shape index (κ3) is 3.16. The highest BCUT2D eigenvalue weighted by molar-refractivity contribution is 7.11. The second kappa shape index (κ2) is 4.68. The molecule has 0 fully saturated rings. The number of rotatable bonds is 3. The molecule has 0 bridgehead atoms. The maximum atomic E-state index is 11.8. The van der Waals surface area contributed by atoms with Crippen LogP contribution in [0.3, 0.4) is 0 Å². The van der Waals surface area contributed by atoms with Crippen molar-refractivity contribution in [1.82, 2.24) is 10.3 Å². The molecule has 2 rings (SSSR count). The molecule has 90 valence electrons. The molecule has 1 aromatic rings. The normalized spacial score (nSPS) is 16.2. The van der Waals surface area contributed by atoms with E-state index >= 15 is 0 Å². The number of hydrogen-bond donors (Lipinski definition) is 1. The van der Waals surface area contributed by atoms with Crippen LogP contribution in [0.1, 0.15) is 15.6 Å². The first kappa shape index (κ1) is 11.8. The molecule has 3 nitrogen and oxygen atoms in total. The topological polar surface area (TPSA) is 34.1 Å². The largest absolute Gasteiger partial charge is 0.411 e. The first-order valence-electron chi connectivity index (χ1n) is 4.87. The van der Waals surface area contributed by atoms with Crippen molar-refractivity contribution in [1.29, 1.82) is 0 Å². The lowest BCUT2D eigenvalue weighted by molar-refractivity contribution is -0.176. The lowest BCUT2D eigenvalue weighted by Crippen LogP contribution is -2.22. The Bertz CT molecular complexity index is 341. The highest BCUT2D eigenvalue weighted by Gasteiger charge is 2.27. The molecule has 1 N–H and O–H groups in total. The minimum atomic E-state index is -4.27. The summed E-state index contributed by atoms with van der Waals surface area (Å²) in [5.74, 6) is 0. The Morgan fingerprint density at radius 2 is 2.25 bits per heavy atom. The Kier molecular flexibility index (Phi) is 3.46. The van der Waals surface area contributed by atoms with Gasteiger partial charge in [-0.05, 0) is 0 Å². The molecule has 0 saturated heterocycles. The van der Waals surface area contributed by atoms with Gasteiger partial charge in [0.15, 0.2) is 0 Å². The van der Waals surface area contributed by atoms with E-state index in [0.29, 0.717) is 5.01 Å². The van der Waals surface area contributed by atoms with E-state index < -0.39 is 12.8 Å². The zero-order valence-electron chi connectivity index (χ0n) is 8.43. The van der Waals surface area contributed by atoms with Crippen LogP contribution in [0.15, 0.2) is 0 Å². The molecule has 0 radical (unpaired) electrons. The van der Waals surface area contributed by atoms with Gasteiger partial charge in [0, 0.05) is 24.4 Å². The van der Waals surface area contributed by atoms with Crippen molar-refractivity contribution in [2.75, 3.05) is 13.2 Å². The fraction of sp³-hybridized carbons (Fsp3) is 0.667. The van der Waals surface area contributed by atoms with E-state index in [0.717, 1.165) is 30.1 Å². The van der Waals surface area contributed by atoms with Crippen LogP contribution in [-0.4, -0.2) is 24.3 Å².